The zero-order valence-electron chi connectivity index (χ0n) is 7.81. The number of aryl methyl sites for hydroxylation is 1. The zero-order chi connectivity index (χ0) is 11.5. The fourth-order valence-corrected chi connectivity index (χ4v) is 1.79. The van der Waals surface area contributed by atoms with Crippen LogP contribution in [-0.2, 0) is 14.6 Å². The number of aromatic hydroxyl groups is 1. The van der Waals surface area contributed by atoms with Gasteiger partial charge >= 0.3 is 10.4 Å². The largest absolute Gasteiger partial charge is 0.508 e. The van der Waals surface area contributed by atoms with Gasteiger partial charge in [-0.15, -0.1) is 0 Å². The Hall–Kier alpha value is -0.980. The first kappa shape index (κ1) is 12.1. The quantitative estimate of drug-likeness (QED) is 0.823. The fourth-order valence-electron chi connectivity index (χ4n) is 0.973. The number of hydrogen-bond donors (Lipinski definition) is 1. The molecule has 0 fully saturated rings. The standard InChI is InChI=1S/C8H9ClO5S/c1-6-2-7(10)4-8(3-6)14-15(11,12)13-5-9/h2-4,10H,5H2,1H3. The number of rotatable bonds is 4. The van der Waals surface area contributed by atoms with Gasteiger partial charge in [0, 0.05) is 6.07 Å². The minimum absolute atomic E-state index is 0.0300. The zero-order valence-corrected chi connectivity index (χ0v) is 9.38. The van der Waals surface area contributed by atoms with Gasteiger partial charge in [-0.1, -0.05) is 11.6 Å². The molecule has 0 bridgehead atoms. The van der Waals surface area contributed by atoms with Crippen molar-refractivity contribution in [3.8, 4) is 11.5 Å². The molecule has 0 aliphatic heterocycles. The predicted octanol–water partition coefficient (Wildman–Crippen LogP) is 1.54. The van der Waals surface area contributed by atoms with E-state index in [1.54, 1.807) is 6.92 Å². The van der Waals surface area contributed by atoms with E-state index in [4.69, 9.17) is 11.6 Å². The lowest BCUT2D eigenvalue weighted by molar-refractivity contribution is 0.315. The van der Waals surface area contributed by atoms with Crippen LogP contribution in [0.4, 0.5) is 0 Å². The van der Waals surface area contributed by atoms with Gasteiger partial charge in [0.1, 0.15) is 17.6 Å². The highest BCUT2D eigenvalue weighted by atomic mass is 35.5. The molecule has 0 aromatic heterocycles. The maximum atomic E-state index is 11.0. The number of halogens is 1. The Balaban J connectivity index is 2.90. The van der Waals surface area contributed by atoms with E-state index in [0.29, 0.717) is 5.56 Å². The molecule has 1 rings (SSSR count). The number of alkyl halides is 1. The summed E-state index contributed by atoms with van der Waals surface area (Å²) in [5, 5.41) is 9.18. The van der Waals surface area contributed by atoms with Crippen molar-refractivity contribution in [2.24, 2.45) is 0 Å². The Morgan fingerprint density at radius 1 is 1.40 bits per heavy atom. The Labute approximate surface area is 92.5 Å². The van der Waals surface area contributed by atoms with Crippen LogP contribution in [0.3, 0.4) is 0 Å². The lowest BCUT2D eigenvalue weighted by atomic mass is 10.2. The van der Waals surface area contributed by atoms with Crippen LogP contribution in [0.25, 0.3) is 0 Å². The van der Waals surface area contributed by atoms with Crippen molar-refractivity contribution in [1.29, 1.82) is 0 Å². The van der Waals surface area contributed by atoms with E-state index in [0.717, 1.165) is 6.07 Å². The van der Waals surface area contributed by atoms with Crippen LogP contribution in [0.5, 0.6) is 11.5 Å². The lowest BCUT2D eigenvalue weighted by Gasteiger charge is -2.06. The highest BCUT2D eigenvalue weighted by molar-refractivity contribution is 7.82. The molecule has 0 saturated heterocycles. The van der Waals surface area contributed by atoms with E-state index in [9.17, 15) is 13.5 Å². The van der Waals surface area contributed by atoms with Gasteiger partial charge in [-0.05, 0) is 24.6 Å². The van der Waals surface area contributed by atoms with Crippen molar-refractivity contribution in [2.75, 3.05) is 6.07 Å². The third-order valence-corrected chi connectivity index (χ3v) is 2.46. The van der Waals surface area contributed by atoms with E-state index in [-0.39, 0.29) is 11.5 Å². The van der Waals surface area contributed by atoms with Crippen LogP contribution in [0, 0.1) is 6.92 Å². The molecule has 0 aliphatic carbocycles. The fraction of sp³-hybridized carbons (Fsp3) is 0.250. The molecule has 5 nitrogen and oxygen atoms in total. The van der Waals surface area contributed by atoms with Crippen molar-refractivity contribution in [3.63, 3.8) is 0 Å². The van der Waals surface area contributed by atoms with Gasteiger partial charge in [0.25, 0.3) is 0 Å². The molecule has 0 unspecified atom stereocenters. The third-order valence-electron chi connectivity index (χ3n) is 1.42. The second kappa shape index (κ2) is 4.69. The number of hydrogen-bond acceptors (Lipinski definition) is 5. The molecule has 84 valence electrons. The summed E-state index contributed by atoms with van der Waals surface area (Å²) in [7, 11) is -4.16. The number of phenolic OH excluding ortho intramolecular Hbond substituents is 1. The van der Waals surface area contributed by atoms with Crippen LogP contribution in [0.1, 0.15) is 5.56 Å². The summed E-state index contributed by atoms with van der Waals surface area (Å²) in [4.78, 5) is 0. The van der Waals surface area contributed by atoms with Gasteiger partial charge in [-0.25, -0.2) is 4.18 Å². The topological polar surface area (TPSA) is 72.8 Å². The van der Waals surface area contributed by atoms with E-state index in [1.807, 2.05) is 0 Å². The summed E-state index contributed by atoms with van der Waals surface area (Å²) in [6, 6.07) is 3.53. The third kappa shape index (κ3) is 3.94. The van der Waals surface area contributed by atoms with Gasteiger partial charge in [0.15, 0.2) is 0 Å². The van der Waals surface area contributed by atoms with Crippen molar-refractivity contribution in [1.82, 2.24) is 0 Å². The maximum Gasteiger partial charge on any atom is 0.450 e. The summed E-state index contributed by atoms with van der Waals surface area (Å²) in [6.45, 7) is 1.68. The Bertz CT molecular complexity index is 422. The monoisotopic (exact) mass is 252 g/mol. The van der Waals surface area contributed by atoms with Gasteiger partial charge in [0.05, 0.1) is 0 Å². The molecular formula is C8H9ClO5S. The van der Waals surface area contributed by atoms with E-state index in [2.05, 4.69) is 8.37 Å². The molecule has 0 aliphatic rings. The normalized spacial score (nSPS) is 11.3. The summed E-state index contributed by atoms with van der Waals surface area (Å²) >= 11 is 5.08. The summed E-state index contributed by atoms with van der Waals surface area (Å²) in [5.41, 5.74) is 0.658. The Kier molecular flexibility index (Phi) is 3.78. The lowest BCUT2D eigenvalue weighted by Crippen LogP contribution is -2.12. The molecule has 15 heavy (non-hydrogen) atoms. The average molecular weight is 253 g/mol. The average Bonchev–Trinajstić information content (AvgIpc) is 1.99. The highest BCUT2D eigenvalue weighted by Crippen LogP contribution is 2.22. The molecule has 1 N–H and O–H groups in total. The van der Waals surface area contributed by atoms with Gasteiger partial charge in [0.2, 0.25) is 0 Å². The highest BCUT2D eigenvalue weighted by Gasteiger charge is 2.13. The smallest absolute Gasteiger partial charge is 0.450 e. The Morgan fingerprint density at radius 2 is 2.07 bits per heavy atom. The summed E-state index contributed by atoms with van der Waals surface area (Å²) in [6.07, 6.45) is 0. The molecule has 7 heteroatoms. The molecule has 0 radical (unpaired) electrons. The molecule has 0 heterocycles. The minimum atomic E-state index is -4.16. The number of benzene rings is 1. The Morgan fingerprint density at radius 3 is 2.60 bits per heavy atom. The van der Waals surface area contributed by atoms with Crippen molar-refractivity contribution < 1.29 is 21.9 Å². The van der Waals surface area contributed by atoms with Crippen LogP contribution in [-0.4, -0.2) is 19.6 Å². The predicted molar refractivity (Wildman–Crippen MR) is 54.2 cm³/mol. The van der Waals surface area contributed by atoms with Gasteiger partial charge in [-0.3, -0.25) is 0 Å². The molecule has 0 atom stereocenters. The van der Waals surface area contributed by atoms with Crippen LogP contribution < -0.4 is 4.18 Å². The van der Waals surface area contributed by atoms with Crippen molar-refractivity contribution >= 4 is 22.0 Å². The first-order valence-electron chi connectivity index (χ1n) is 3.88. The van der Waals surface area contributed by atoms with Crippen LogP contribution >= 0.6 is 11.6 Å². The first-order valence-corrected chi connectivity index (χ1v) is 5.75. The van der Waals surface area contributed by atoms with Crippen molar-refractivity contribution in [2.45, 2.75) is 6.92 Å². The van der Waals surface area contributed by atoms with E-state index in [1.165, 1.54) is 12.1 Å². The summed E-state index contributed by atoms with van der Waals surface area (Å²) in [5.74, 6) is -0.122. The van der Waals surface area contributed by atoms with Crippen LogP contribution in [0.15, 0.2) is 18.2 Å². The van der Waals surface area contributed by atoms with Crippen molar-refractivity contribution in [3.05, 3.63) is 23.8 Å². The molecule has 1 aromatic carbocycles. The molecule has 1 aromatic rings. The van der Waals surface area contributed by atoms with Crippen LogP contribution in [0.2, 0.25) is 0 Å². The first-order chi connectivity index (χ1) is 6.93. The molecule has 0 spiro atoms. The van der Waals surface area contributed by atoms with E-state index < -0.39 is 16.5 Å². The maximum absolute atomic E-state index is 11.0. The second-order valence-corrected chi connectivity index (χ2v) is 4.16. The number of phenols is 1. The SMILES string of the molecule is Cc1cc(O)cc(OS(=O)(=O)OCCl)c1. The molecule has 0 saturated carbocycles. The minimum Gasteiger partial charge on any atom is -0.508 e. The van der Waals surface area contributed by atoms with Gasteiger partial charge in [-0.2, -0.15) is 8.42 Å². The summed E-state index contributed by atoms with van der Waals surface area (Å²) < 4.78 is 30.7. The molecular weight excluding hydrogens is 244 g/mol. The molecule has 0 amide bonds. The second-order valence-electron chi connectivity index (χ2n) is 2.72. The van der Waals surface area contributed by atoms with Gasteiger partial charge < -0.3 is 9.29 Å². The van der Waals surface area contributed by atoms with E-state index >= 15 is 0 Å².